The van der Waals surface area contributed by atoms with Gasteiger partial charge < -0.3 is 49.4 Å². The molecular formula is C16H29NO14S. The Bertz CT molecular complexity index is 722. The molecular weight excluding hydrogens is 462 g/mol. The van der Waals surface area contributed by atoms with E-state index in [1.165, 1.54) is 21.1 Å². The van der Waals surface area contributed by atoms with E-state index in [2.05, 4.69) is 9.50 Å². The van der Waals surface area contributed by atoms with Crippen LogP contribution in [0.5, 0.6) is 0 Å². The molecule has 0 unspecified atom stereocenters. The summed E-state index contributed by atoms with van der Waals surface area (Å²) in [6.07, 6.45) is -12.8. The van der Waals surface area contributed by atoms with E-state index in [-0.39, 0.29) is 0 Å². The standard InChI is InChI=1S/C16H29NO14S/c1-6(19)17-9-11(21)13(8(30-15(9)27-3)5-28-32(23,24)25)31-16-12(22)14(26-2)10(20)7(4-18)29-16/h7-16,18,20-22H,4-5H2,1-3H3,(H,17,19)(H,23,24,25)/t7-,8-,9-,10+,11-,12-,13-,14+,15-,16+/m1/s1. The van der Waals surface area contributed by atoms with Crippen LogP contribution in [-0.2, 0) is 43.1 Å². The van der Waals surface area contributed by atoms with E-state index < -0.39 is 90.9 Å². The molecule has 0 bridgehead atoms. The molecule has 1 amide bonds. The second-order valence-electron chi connectivity index (χ2n) is 7.22. The van der Waals surface area contributed by atoms with Crippen molar-refractivity contribution < 1.29 is 66.1 Å². The largest absolute Gasteiger partial charge is 0.397 e. The fourth-order valence-corrected chi connectivity index (χ4v) is 3.87. The minimum absolute atomic E-state index is 0.553. The number of hydrogen-bond acceptors (Lipinski definition) is 13. The first-order chi connectivity index (χ1) is 14.9. The van der Waals surface area contributed by atoms with Crippen molar-refractivity contribution in [1.82, 2.24) is 5.32 Å². The quantitative estimate of drug-likeness (QED) is 0.169. The van der Waals surface area contributed by atoms with Gasteiger partial charge in [-0.25, -0.2) is 4.18 Å². The highest BCUT2D eigenvalue weighted by Crippen LogP contribution is 2.30. The van der Waals surface area contributed by atoms with Crippen molar-refractivity contribution in [2.45, 2.75) is 68.3 Å². The third-order valence-corrected chi connectivity index (χ3v) is 5.48. The Morgan fingerprint density at radius 2 is 1.59 bits per heavy atom. The molecule has 2 saturated heterocycles. The van der Waals surface area contributed by atoms with Gasteiger partial charge in [-0.2, -0.15) is 8.42 Å². The maximum absolute atomic E-state index is 11.6. The van der Waals surface area contributed by atoms with E-state index in [0.29, 0.717) is 0 Å². The Balaban J connectivity index is 2.31. The molecule has 6 N–H and O–H groups in total. The zero-order chi connectivity index (χ0) is 24.2. The Morgan fingerprint density at radius 1 is 0.969 bits per heavy atom. The molecule has 2 heterocycles. The second-order valence-corrected chi connectivity index (χ2v) is 8.31. The van der Waals surface area contributed by atoms with Gasteiger partial charge >= 0.3 is 10.4 Å². The number of carbonyl (C=O) groups excluding carboxylic acids is 1. The van der Waals surface area contributed by atoms with E-state index in [9.17, 15) is 33.6 Å². The lowest BCUT2D eigenvalue weighted by Crippen LogP contribution is -2.67. The highest BCUT2D eigenvalue weighted by atomic mass is 32.3. The number of carbonyl (C=O) groups is 1. The number of rotatable bonds is 9. The zero-order valence-corrected chi connectivity index (χ0v) is 18.3. The Hall–Kier alpha value is -1.02. The van der Waals surface area contributed by atoms with Crippen molar-refractivity contribution in [1.29, 1.82) is 0 Å². The van der Waals surface area contributed by atoms with Crippen LogP contribution >= 0.6 is 0 Å². The SMILES string of the molecule is CO[C@@H]1O[C@H](COS(=O)(=O)O)[C@@H](O[C@@H]2O[C@H](CO)[C@H](O)[C@H](OC)[C@H]2O)[C@H](O)[C@H]1NC(C)=O. The van der Waals surface area contributed by atoms with Crippen molar-refractivity contribution in [3.8, 4) is 0 Å². The van der Waals surface area contributed by atoms with Gasteiger partial charge in [0.05, 0.1) is 13.2 Å². The van der Waals surface area contributed by atoms with Crippen LogP contribution in [0.25, 0.3) is 0 Å². The van der Waals surface area contributed by atoms with Crippen LogP contribution in [0.3, 0.4) is 0 Å². The lowest BCUT2D eigenvalue weighted by atomic mass is 9.95. The van der Waals surface area contributed by atoms with E-state index in [4.69, 9.17) is 28.2 Å². The smallest absolute Gasteiger partial charge is 0.394 e. The fourth-order valence-electron chi connectivity index (χ4n) is 3.56. The molecule has 0 saturated carbocycles. The summed E-state index contributed by atoms with van der Waals surface area (Å²) in [5.41, 5.74) is 0. The summed E-state index contributed by atoms with van der Waals surface area (Å²) in [6.45, 7) is -0.323. The van der Waals surface area contributed by atoms with Gasteiger partial charge in [0.15, 0.2) is 12.6 Å². The third-order valence-electron chi connectivity index (χ3n) is 5.04. The first kappa shape index (κ1) is 27.2. The van der Waals surface area contributed by atoms with Crippen LogP contribution < -0.4 is 5.32 Å². The zero-order valence-electron chi connectivity index (χ0n) is 17.5. The molecule has 2 fully saturated rings. The summed E-state index contributed by atoms with van der Waals surface area (Å²) in [5, 5.41) is 43.3. The van der Waals surface area contributed by atoms with Crippen molar-refractivity contribution in [2.24, 2.45) is 0 Å². The van der Waals surface area contributed by atoms with Crippen LogP contribution in [0.15, 0.2) is 0 Å². The molecule has 2 aliphatic heterocycles. The molecule has 16 heteroatoms. The average molecular weight is 491 g/mol. The predicted molar refractivity (Wildman–Crippen MR) is 100 cm³/mol. The Labute approximate surface area is 184 Å². The molecule has 0 aromatic rings. The molecule has 188 valence electrons. The van der Waals surface area contributed by atoms with E-state index in [1.54, 1.807) is 0 Å². The van der Waals surface area contributed by atoms with E-state index in [0.717, 1.165) is 0 Å². The van der Waals surface area contributed by atoms with Gasteiger partial charge in [-0.1, -0.05) is 0 Å². The number of aliphatic hydroxyl groups excluding tert-OH is 4. The maximum Gasteiger partial charge on any atom is 0.397 e. The summed E-state index contributed by atoms with van der Waals surface area (Å²) >= 11 is 0. The highest BCUT2D eigenvalue weighted by molar-refractivity contribution is 7.80. The summed E-state index contributed by atoms with van der Waals surface area (Å²) in [5.74, 6) is -0.553. The van der Waals surface area contributed by atoms with Gasteiger partial charge in [-0.3, -0.25) is 9.35 Å². The lowest BCUT2D eigenvalue weighted by Gasteiger charge is -2.47. The molecule has 0 radical (unpaired) electrons. The topological polar surface area (TPSA) is 220 Å². The van der Waals surface area contributed by atoms with Gasteiger partial charge in [-0.15, -0.1) is 0 Å². The minimum atomic E-state index is -4.89. The fraction of sp³-hybridized carbons (Fsp3) is 0.938. The van der Waals surface area contributed by atoms with Gasteiger partial charge in [0.1, 0.15) is 48.8 Å². The molecule has 0 aromatic heterocycles. The number of nitrogens with one attached hydrogen (secondary N) is 1. The molecule has 32 heavy (non-hydrogen) atoms. The lowest BCUT2D eigenvalue weighted by molar-refractivity contribution is -0.348. The summed E-state index contributed by atoms with van der Waals surface area (Å²) < 4.78 is 61.9. The van der Waals surface area contributed by atoms with Crippen molar-refractivity contribution >= 4 is 16.3 Å². The molecule has 0 aliphatic carbocycles. The van der Waals surface area contributed by atoms with Crippen molar-refractivity contribution in [3.05, 3.63) is 0 Å². The molecule has 0 aromatic carbocycles. The summed E-state index contributed by atoms with van der Waals surface area (Å²) in [4.78, 5) is 11.6. The number of methoxy groups -OCH3 is 2. The Kier molecular flexibility index (Phi) is 9.71. The van der Waals surface area contributed by atoms with Crippen LogP contribution in [-0.4, -0.2) is 128 Å². The van der Waals surface area contributed by atoms with Crippen LogP contribution in [0.4, 0.5) is 0 Å². The van der Waals surface area contributed by atoms with E-state index >= 15 is 0 Å². The molecule has 10 atom stereocenters. The van der Waals surface area contributed by atoms with E-state index in [1.807, 2.05) is 0 Å². The number of hydrogen-bond donors (Lipinski definition) is 6. The first-order valence-corrected chi connectivity index (χ1v) is 10.9. The van der Waals surface area contributed by atoms with Gasteiger partial charge in [0.25, 0.3) is 0 Å². The normalized spacial score (nSPS) is 40.8. The summed E-state index contributed by atoms with van der Waals surface area (Å²) in [6, 6.07) is -1.19. The predicted octanol–water partition coefficient (Wildman–Crippen LogP) is -4.12. The average Bonchev–Trinajstić information content (AvgIpc) is 2.71. The van der Waals surface area contributed by atoms with Crippen LogP contribution in [0.2, 0.25) is 0 Å². The highest BCUT2D eigenvalue weighted by Gasteiger charge is 2.52. The molecule has 2 rings (SSSR count). The number of aliphatic hydroxyl groups is 4. The minimum Gasteiger partial charge on any atom is -0.394 e. The van der Waals surface area contributed by atoms with Crippen molar-refractivity contribution in [3.63, 3.8) is 0 Å². The summed E-state index contributed by atoms with van der Waals surface area (Å²) in [7, 11) is -2.49. The van der Waals surface area contributed by atoms with Crippen molar-refractivity contribution in [2.75, 3.05) is 27.4 Å². The molecule has 15 nitrogen and oxygen atoms in total. The second kappa shape index (κ2) is 11.4. The Morgan fingerprint density at radius 3 is 2.09 bits per heavy atom. The first-order valence-electron chi connectivity index (χ1n) is 9.49. The maximum atomic E-state index is 11.6. The van der Waals surface area contributed by atoms with Crippen LogP contribution in [0, 0.1) is 0 Å². The van der Waals surface area contributed by atoms with Crippen LogP contribution in [0.1, 0.15) is 6.92 Å². The third kappa shape index (κ3) is 6.52. The monoisotopic (exact) mass is 491 g/mol. The van der Waals surface area contributed by atoms with Gasteiger partial charge in [-0.05, 0) is 0 Å². The van der Waals surface area contributed by atoms with Gasteiger partial charge in [0, 0.05) is 21.1 Å². The van der Waals surface area contributed by atoms with Gasteiger partial charge in [0.2, 0.25) is 5.91 Å². The number of amides is 1. The molecule has 0 spiro atoms. The molecule has 2 aliphatic rings. The number of ether oxygens (including phenoxy) is 5.